The van der Waals surface area contributed by atoms with Gasteiger partial charge in [0.25, 0.3) is 0 Å². The van der Waals surface area contributed by atoms with Gasteiger partial charge in [-0.2, -0.15) is 0 Å². The third kappa shape index (κ3) is 1.43. The summed E-state index contributed by atoms with van der Waals surface area (Å²) >= 11 is 0. The Balaban J connectivity index is 2.38. The molecule has 1 unspecified atom stereocenters. The number of imidazole rings is 1. The molecule has 0 bridgehead atoms. The quantitative estimate of drug-likeness (QED) is 0.683. The van der Waals surface area contributed by atoms with Crippen LogP contribution in [0.3, 0.4) is 0 Å². The zero-order valence-electron chi connectivity index (χ0n) is 8.45. The second kappa shape index (κ2) is 3.68. The lowest BCUT2D eigenvalue weighted by molar-refractivity contribution is 0.159. The van der Waals surface area contributed by atoms with Gasteiger partial charge in [0.2, 0.25) is 0 Å². The highest BCUT2D eigenvalue weighted by Crippen LogP contribution is 2.21. The van der Waals surface area contributed by atoms with Crippen molar-refractivity contribution in [1.82, 2.24) is 14.9 Å². The highest BCUT2D eigenvalue weighted by Gasteiger charge is 2.24. The summed E-state index contributed by atoms with van der Waals surface area (Å²) < 4.78 is 7.02. The van der Waals surface area contributed by atoms with Gasteiger partial charge >= 0.3 is 0 Å². The maximum atomic E-state index is 9.69. The van der Waals surface area contributed by atoms with E-state index in [1.165, 1.54) is 0 Å². The zero-order valence-corrected chi connectivity index (χ0v) is 8.45. The van der Waals surface area contributed by atoms with Crippen LogP contribution >= 0.6 is 0 Å². The molecule has 5 nitrogen and oxygen atoms in total. The molecule has 2 heterocycles. The average Bonchev–Trinajstić information content (AvgIpc) is 2.48. The Hall–Kier alpha value is -0.910. The number of hydrogen-bond acceptors (Lipinski definition) is 4. The Kier molecular flexibility index (Phi) is 2.54. The summed E-state index contributed by atoms with van der Waals surface area (Å²) in [5, 5.41) is 12.8. The summed E-state index contributed by atoms with van der Waals surface area (Å²) in [4.78, 5) is 4.37. The highest BCUT2D eigenvalue weighted by molar-refractivity contribution is 5.21. The maximum absolute atomic E-state index is 9.69. The number of fused-ring (bicyclic) bond motifs is 1. The number of hydrogen-bond donors (Lipinski definition) is 2. The van der Waals surface area contributed by atoms with Gasteiger partial charge in [0.15, 0.2) is 0 Å². The smallest absolute Gasteiger partial charge is 0.135 e. The first-order chi connectivity index (χ1) is 6.74. The van der Waals surface area contributed by atoms with E-state index in [2.05, 4.69) is 10.3 Å². The standard InChI is InChI=1S/C9H15N3O2/c1-12-6-3-10-4-7(13)9(6)11-8(12)5-14-2/h7,10,13H,3-5H2,1-2H3. The first-order valence-electron chi connectivity index (χ1n) is 4.66. The van der Waals surface area contributed by atoms with E-state index < -0.39 is 6.10 Å². The lowest BCUT2D eigenvalue weighted by atomic mass is 10.1. The van der Waals surface area contributed by atoms with Crippen LogP contribution in [0.5, 0.6) is 0 Å². The molecule has 14 heavy (non-hydrogen) atoms. The molecular formula is C9H15N3O2. The van der Waals surface area contributed by atoms with E-state index in [0.717, 1.165) is 23.8 Å². The monoisotopic (exact) mass is 197 g/mol. The fourth-order valence-electron chi connectivity index (χ4n) is 1.76. The fraction of sp³-hybridized carbons (Fsp3) is 0.667. The van der Waals surface area contributed by atoms with Crippen LogP contribution < -0.4 is 5.32 Å². The van der Waals surface area contributed by atoms with E-state index >= 15 is 0 Å². The molecule has 1 aliphatic heterocycles. The molecule has 0 saturated heterocycles. The van der Waals surface area contributed by atoms with Crippen LogP contribution in [0.15, 0.2) is 0 Å². The predicted octanol–water partition coefficient (Wildman–Crippen LogP) is -0.297. The molecule has 1 aliphatic rings. The number of ether oxygens (including phenoxy) is 1. The van der Waals surface area contributed by atoms with Gasteiger partial charge in [0.1, 0.15) is 18.5 Å². The van der Waals surface area contributed by atoms with Crippen LogP contribution in [0.4, 0.5) is 0 Å². The summed E-state index contributed by atoms with van der Waals surface area (Å²) in [5.41, 5.74) is 1.84. The van der Waals surface area contributed by atoms with Crippen molar-refractivity contribution in [2.24, 2.45) is 7.05 Å². The van der Waals surface area contributed by atoms with Gasteiger partial charge in [0.05, 0.1) is 11.4 Å². The SMILES string of the molecule is COCc1nc2c(n1C)CNCC2O. The number of β-amino-alcohol motifs (C(OH)–C–C–N with tert-alkyl or cyclic N) is 1. The number of rotatable bonds is 2. The van der Waals surface area contributed by atoms with Gasteiger partial charge in [0, 0.05) is 27.2 Å². The molecule has 1 aromatic rings. The van der Waals surface area contributed by atoms with Crippen LogP contribution in [0.2, 0.25) is 0 Å². The number of aliphatic hydroxyl groups is 1. The predicted molar refractivity (Wildman–Crippen MR) is 50.6 cm³/mol. The largest absolute Gasteiger partial charge is 0.385 e. The third-order valence-electron chi connectivity index (χ3n) is 2.56. The van der Waals surface area contributed by atoms with Gasteiger partial charge in [-0.1, -0.05) is 0 Å². The van der Waals surface area contributed by atoms with E-state index in [-0.39, 0.29) is 0 Å². The molecule has 5 heteroatoms. The minimum atomic E-state index is -0.490. The van der Waals surface area contributed by atoms with Gasteiger partial charge in [-0.15, -0.1) is 0 Å². The van der Waals surface area contributed by atoms with Crippen molar-refractivity contribution in [2.45, 2.75) is 19.3 Å². The van der Waals surface area contributed by atoms with Crippen LogP contribution in [-0.4, -0.2) is 28.3 Å². The van der Waals surface area contributed by atoms with Gasteiger partial charge in [-0.05, 0) is 0 Å². The van der Waals surface area contributed by atoms with Crippen molar-refractivity contribution in [3.63, 3.8) is 0 Å². The lowest BCUT2D eigenvalue weighted by Crippen LogP contribution is -2.29. The molecule has 0 saturated carbocycles. The Morgan fingerprint density at radius 1 is 1.71 bits per heavy atom. The summed E-state index contributed by atoms with van der Waals surface area (Å²) in [6.07, 6.45) is -0.490. The number of nitrogens with zero attached hydrogens (tertiary/aromatic N) is 2. The Morgan fingerprint density at radius 2 is 2.50 bits per heavy atom. The van der Waals surface area contributed by atoms with E-state index in [1.807, 2.05) is 11.6 Å². The van der Waals surface area contributed by atoms with Crippen LogP contribution in [0.1, 0.15) is 23.3 Å². The molecule has 0 radical (unpaired) electrons. The molecule has 78 valence electrons. The van der Waals surface area contributed by atoms with Crippen molar-refractivity contribution in [1.29, 1.82) is 0 Å². The minimum Gasteiger partial charge on any atom is -0.385 e. The first kappa shape index (κ1) is 9.64. The van der Waals surface area contributed by atoms with E-state index in [4.69, 9.17) is 4.74 Å². The summed E-state index contributed by atoms with van der Waals surface area (Å²) in [5.74, 6) is 0.861. The molecule has 0 aromatic carbocycles. The van der Waals surface area contributed by atoms with Crippen LogP contribution in [-0.2, 0) is 24.9 Å². The number of nitrogens with one attached hydrogen (secondary N) is 1. The fourth-order valence-corrected chi connectivity index (χ4v) is 1.76. The number of aromatic nitrogens is 2. The Labute approximate surface area is 82.7 Å². The van der Waals surface area contributed by atoms with Crippen molar-refractivity contribution in [2.75, 3.05) is 13.7 Å². The van der Waals surface area contributed by atoms with Crippen LogP contribution in [0.25, 0.3) is 0 Å². The summed E-state index contributed by atoms with van der Waals surface area (Å²) in [6, 6.07) is 0. The second-order valence-corrected chi connectivity index (χ2v) is 3.50. The van der Waals surface area contributed by atoms with Crippen molar-refractivity contribution < 1.29 is 9.84 Å². The van der Waals surface area contributed by atoms with Crippen molar-refractivity contribution in [3.8, 4) is 0 Å². The third-order valence-corrected chi connectivity index (χ3v) is 2.56. The topological polar surface area (TPSA) is 59.3 Å². The normalized spacial score (nSPS) is 20.9. The molecule has 0 fully saturated rings. The van der Waals surface area contributed by atoms with Crippen molar-refractivity contribution in [3.05, 3.63) is 17.2 Å². The highest BCUT2D eigenvalue weighted by atomic mass is 16.5. The van der Waals surface area contributed by atoms with E-state index in [0.29, 0.717) is 13.2 Å². The average molecular weight is 197 g/mol. The molecule has 1 atom stereocenters. The summed E-state index contributed by atoms with van der Waals surface area (Å²) in [6.45, 7) is 1.83. The molecule has 0 aliphatic carbocycles. The van der Waals surface area contributed by atoms with Crippen LogP contribution in [0, 0.1) is 0 Å². The second-order valence-electron chi connectivity index (χ2n) is 3.50. The van der Waals surface area contributed by atoms with Gasteiger partial charge < -0.3 is 19.7 Å². The summed E-state index contributed by atoms with van der Waals surface area (Å²) in [7, 11) is 3.59. The Morgan fingerprint density at radius 3 is 3.14 bits per heavy atom. The molecule has 0 spiro atoms. The molecule has 2 N–H and O–H groups in total. The maximum Gasteiger partial charge on any atom is 0.135 e. The van der Waals surface area contributed by atoms with Gasteiger partial charge in [-0.3, -0.25) is 0 Å². The van der Waals surface area contributed by atoms with E-state index in [1.54, 1.807) is 7.11 Å². The molecule has 0 amide bonds. The first-order valence-corrected chi connectivity index (χ1v) is 4.66. The minimum absolute atomic E-state index is 0.482. The Bertz CT molecular complexity index is 335. The zero-order chi connectivity index (χ0) is 10.1. The molecule has 1 aromatic heterocycles. The molecular weight excluding hydrogens is 182 g/mol. The van der Waals surface area contributed by atoms with Gasteiger partial charge in [-0.25, -0.2) is 4.98 Å². The lowest BCUT2D eigenvalue weighted by Gasteiger charge is -2.18. The van der Waals surface area contributed by atoms with Crippen molar-refractivity contribution >= 4 is 0 Å². The molecule has 2 rings (SSSR count). The number of methoxy groups -OCH3 is 1. The van der Waals surface area contributed by atoms with E-state index in [9.17, 15) is 5.11 Å². The number of aliphatic hydroxyl groups excluding tert-OH is 1.